The van der Waals surface area contributed by atoms with Gasteiger partial charge in [-0.05, 0) is 30.4 Å². The van der Waals surface area contributed by atoms with Gasteiger partial charge in [-0.1, -0.05) is 49.4 Å². The van der Waals surface area contributed by atoms with E-state index in [2.05, 4.69) is 17.4 Å². The zero-order valence-electron chi connectivity index (χ0n) is 13.9. The van der Waals surface area contributed by atoms with Crippen molar-refractivity contribution >= 4 is 0 Å². The van der Waals surface area contributed by atoms with Crippen LogP contribution >= 0.6 is 0 Å². The van der Waals surface area contributed by atoms with Crippen LogP contribution < -0.4 is 5.32 Å². The van der Waals surface area contributed by atoms with E-state index in [9.17, 15) is 10.2 Å². The van der Waals surface area contributed by atoms with Crippen LogP contribution in [-0.2, 0) is 0 Å². The van der Waals surface area contributed by atoms with Crippen LogP contribution in [0.25, 0.3) is 0 Å². The molecule has 2 unspecified atom stereocenters. The molecule has 0 amide bonds. The van der Waals surface area contributed by atoms with Gasteiger partial charge in [0.25, 0.3) is 0 Å². The van der Waals surface area contributed by atoms with Gasteiger partial charge in [-0.15, -0.1) is 0 Å². The van der Waals surface area contributed by atoms with Crippen LogP contribution in [0.3, 0.4) is 0 Å². The number of nitrogens with one attached hydrogen (secondary N) is 1. The number of nitrogens with zero attached hydrogens (tertiary/aromatic N) is 1. The normalized spacial score (nSPS) is 13.2. The minimum Gasteiger partial charge on any atom is -0.506 e. The zero-order chi connectivity index (χ0) is 17.4. The molecule has 0 radical (unpaired) electrons. The number of phenolic OH excluding ortho intramolecular Hbond substituents is 1. The van der Waals surface area contributed by atoms with Crippen LogP contribution in [0.2, 0.25) is 0 Å². The van der Waals surface area contributed by atoms with Crippen molar-refractivity contribution in [1.82, 2.24) is 5.32 Å². The quantitative estimate of drug-likeness (QED) is 0.695. The van der Waals surface area contributed by atoms with Crippen LogP contribution in [0.4, 0.5) is 0 Å². The van der Waals surface area contributed by atoms with E-state index < -0.39 is 0 Å². The van der Waals surface area contributed by atoms with Gasteiger partial charge in [-0.3, -0.25) is 0 Å². The Morgan fingerprint density at radius 2 is 1.88 bits per heavy atom. The maximum atomic E-state index is 10.3. The molecule has 0 heterocycles. The van der Waals surface area contributed by atoms with E-state index in [1.54, 1.807) is 12.1 Å². The summed E-state index contributed by atoms with van der Waals surface area (Å²) < 4.78 is 0. The number of benzene rings is 2. The predicted molar refractivity (Wildman–Crippen MR) is 94.7 cm³/mol. The van der Waals surface area contributed by atoms with E-state index >= 15 is 0 Å². The lowest BCUT2D eigenvalue weighted by Gasteiger charge is -2.23. The summed E-state index contributed by atoms with van der Waals surface area (Å²) >= 11 is 0. The summed E-state index contributed by atoms with van der Waals surface area (Å²) in [5.41, 5.74) is 2.22. The van der Waals surface area contributed by atoms with E-state index in [0.717, 1.165) is 12.0 Å². The van der Waals surface area contributed by atoms with Gasteiger partial charge in [-0.25, -0.2) is 0 Å². The molecular weight excluding hydrogens is 300 g/mol. The van der Waals surface area contributed by atoms with E-state index in [1.165, 1.54) is 5.56 Å². The zero-order valence-corrected chi connectivity index (χ0v) is 13.9. The largest absolute Gasteiger partial charge is 0.506 e. The number of para-hydroxylation sites is 1. The molecule has 4 heteroatoms. The van der Waals surface area contributed by atoms with E-state index in [-0.39, 0.29) is 24.3 Å². The Balaban J connectivity index is 2.14. The van der Waals surface area contributed by atoms with Crippen molar-refractivity contribution in [1.29, 1.82) is 5.26 Å². The predicted octanol–water partition coefficient (Wildman–Crippen LogP) is 3.47. The first-order chi connectivity index (χ1) is 11.7. The molecule has 2 aromatic rings. The fourth-order valence-electron chi connectivity index (χ4n) is 2.96. The summed E-state index contributed by atoms with van der Waals surface area (Å²) in [5, 5.41) is 32.2. The number of phenols is 1. The van der Waals surface area contributed by atoms with Gasteiger partial charge in [0.1, 0.15) is 11.8 Å². The standard InChI is InChI=1S/C20H24N2O2/c1-2-19(18-10-6-9-16(13-21)20(18)24)22-14-17(11-12-23)15-7-4-3-5-8-15/h3-10,17,19,22-24H,2,11-12,14H2,1H3. The van der Waals surface area contributed by atoms with Crippen molar-refractivity contribution in [2.24, 2.45) is 0 Å². The van der Waals surface area contributed by atoms with Crippen LogP contribution in [0.1, 0.15) is 48.4 Å². The average Bonchev–Trinajstić information content (AvgIpc) is 2.63. The van der Waals surface area contributed by atoms with Gasteiger partial charge >= 0.3 is 0 Å². The number of aliphatic hydroxyl groups is 1. The number of hydrogen-bond acceptors (Lipinski definition) is 4. The van der Waals surface area contributed by atoms with Gasteiger partial charge in [0.05, 0.1) is 5.56 Å². The first-order valence-corrected chi connectivity index (χ1v) is 8.32. The Hall–Kier alpha value is -2.35. The monoisotopic (exact) mass is 324 g/mol. The summed E-state index contributed by atoms with van der Waals surface area (Å²) in [7, 11) is 0. The SMILES string of the molecule is CCC(NCC(CCO)c1ccccc1)c1cccc(C#N)c1O. The first-order valence-electron chi connectivity index (χ1n) is 8.32. The second-order valence-corrected chi connectivity index (χ2v) is 5.84. The van der Waals surface area contributed by atoms with E-state index in [4.69, 9.17) is 5.26 Å². The van der Waals surface area contributed by atoms with Gasteiger partial charge in [0.15, 0.2) is 0 Å². The van der Waals surface area contributed by atoms with Gasteiger partial charge in [0.2, 0.25) is 0 Å². The average molecular weight is 324 g/mol. The molecule has 0 aliphatic carbocycles. The van der Waals surface area contributed by atoms with Crippen molar-refractivity contribution in [2.75, 3.05) is 13.2 Å². The third kappa shape index (κ3) is 4.35. The van der Waals surface area contributed by atoms with E-state index in [1.807, 2.05) is 37.3 Å². The molecule has 0 bridgehead atoms. The third-order valence-electron chi connectivity index (χ3n) is 4.33. The van der Waals surface area contributed by atoms with Crippen LogP contribution in [0.15, 0.2) is 48.5 Å². The lowest BCUT2D eigenvalue weighted by Crippen LogP contribution is -2.27. The molecule has 3 N–H and O–H groups in total. The third-order valence-corrected chi connectivity index (χ3v) is 4.33. The van der Waals surface area contributed by atoms with Crippen LogP contribution in [0, 0.1) is 11.3 Å². The Morgan fingerprint density at radius 3 is 2.50 bits per heavy atom. The van der Waals surface area contributed by atoms with Crippen molar-refractivity contribution in [3.05, 3.63) is 65.2 Å². The highest BCUT2D eigenvalue weighted by molar-refractivity contribution is 5.48. The number of hydrogen-bond donors (Lipinski definition) is 3. The fraction of sp³-hybridized carbons (Fsp3) is 0.350. The molecular formula is C20H24N2O2. The van der Waals surface area contributed by atoms with Gasteiger partial charge in [-0.2, -0.15) is 5.26 Å². The number of nitriles is 1. The van der Waals surface area contributed by atoms with Crippen molar-refractivity contribution in [3.8, 4) is 11.8 Å². The molecule has 24 heavy (non-hydrogen) atoms. The molecule has 0 spiro atoms. The summed E-state index contributed by atoms with van der Waals surface area (Å²) in [4.78, 5) is 0. The number of aromatic hydroxyl groups is 1. The lowest BCUT2D eigenvalue weighted by molar-refractivity contribution is 0.271. The van der Waals surface area contributed by atoms with Crippen LogP contribution in [0.5, 0.6) is 5.75 Å². The molecule has 0 aromatic heterocycles. The highest BCUT2D eigenvalue weighted by atomic mass is 16.3. The Labute approximate surface area is 143 Å². The van der Waals surface area contributed by atoms with Crippen molar-refractivity contribution < 1.29 is 10.2 Å². The molecule has 0 saturated carbocycles. The molecule has 0 saturated heterocycles. The highest BCUT2D eigenvalue weighted by Gasteiger charge is 2.18. The second kappa shape index (κ2) is 9.07. The molecule has 0 fully saturated rings. The Kier molecular flexibility index (Phi) is 6.80. The fourth-order valence-corrected chi connectivity index (χ4v) is 2.96. The van der Waals surface area contributed by atoms with E-state index in [0.29, 0.717) is 18.5 Å². The molecule has 4 nitrogen and oxygen atoms in total. The second-order valence-electron chi connectivity index (χ2n) is 5.84. The smallest absolute Gasteiger partial charge is 0.138 e. The summed E-state index contributed by atoms with van der Waals surface area (Å²) in [6.45, 7) is 2.87. The van der Waals surface area contributed by atoms with Crippen molar-refractivity contribution in [2.45, 2.75) is 31.7 Å². The molecule has 0 aliphatic heterocycles. The van der Waals surface area contributed by atoms with Gasteiger partial charge in [0, 0.05) is 24.8 Å². The minimum atomic E-state index is -0.0387. The molecule has 126 valence electrons. The van der Waals surface area contributed by atoms with Crippen molar-refractivity contribution in [3.63, 3.8) is 0 Å². The Bertz CT molecular complexity index is 680. The summed E-state index contributed by atoms with van der Waals surface area (Å²) in [6, 6.07) is 17.3. The summed E-state index contributed by atoms with van der Waals surface area (Å²) in [6.07, 6.45) is 1.47. The molecule has 2 atom stereocenters. The van der Waals surface area contributed by atoms with Gasteiger partial charge < -0.3 is 15.5 Å². The number of rotatable bonds is 8. The van der Waals surface area contributed by atoms with Crippen LogP contribution in [-0.4, -0.2) is 23.4 Å². The maximum Gasteiger partial charge on any atom is 0.138 e. The molecule has 0 aliphatic rings. The first kappa shape index (κ1) is 18.0. The molecule has 2 rings (SSSR count). The number of aliphatic hydroxyl groups excluding tert-OH is 1. The highest BCUT2D eigenvalue weighted by Crippen LogP contribution is 2.30. The summed E-state index contributed by atoms with van der Waals surface area (Å²) in [5.74, 6) is 0.254. The molecule has 2 aromatic carbocycles. The maximum absolute atomic E-state index is 10.3. The lowest BCUT2D eigenvalue weighted by atomic mass is 9.94. The Morgan fingerprint density at radius 1 is 1.12 bits per heavy atom. The minimum absolute atomic E-state index is 0.0387. The topological polar surface area (TPSA) is 76.3 Å².